The van der Waals surface area contributed by atoms with Gasteiger partial charge in [-0.1, -0.05) is 25.1 Å². The number of rotatable bonds is 7. The van der Waals surface area contributed by atoms with Gasteiger partial charge in [0.25, 0.3) is 0 Å². The highest BCUT2D eigenvalue weighted by Gasteiger charge is 2.01. The average Bonchev–Trinajstić information content (AvgIpc) is 2.62. The molecule has 2 aromatic rings. The molecule has 6 heteroatoms. The summed E-state index contributed by atoms with van der Waals surface area (Å²) in [5.41, 5.74) is 2.02. The van der Waals surface area contributed by atoms with E-state index in [0.717, 1.165) is 17.5 Å². The molecule has 2 N–H and O–H groups in total. The van der Waals surface area contributed by atoms with Gasteiger partial charge in [0.1, 0.15) is 5.82 Å². The third kappa shape index (κ3) is 5.87. The molecule has 0 saturated heterocycles. The monoisotopic (exact) mass is 330 g/mol. The van der Waals surface area contributed by atoms with Gasteiger partial charge in [0.05, 0.1) is 6.61 Å². The van der Waals surface area contributed by atoms with Gasteiger partial charge in [0, 0.05) is 32.4 Å². The van der Waals surface area contributed by atoms with Crippen LogP contribution in [0.3, 0.4) is 0 Å². The molecule has 24 heavy (non-hydrogen) atoms. The van der Waals surface area contributed by atoms with Crippen molar-refractivity contribution in [1.82, 2.24) is 15.6 Å². The zero-order valence-corrected chi connectivity index (χ0v) is 14.1. The number of aromatic nitrogens is 1. The first kappa shape index (κ1) is 17.7. The second kappa shape index (κ2) is 9.50. The Morgan fingerprint density at radius 2 is 1.75 bits per heavy atom. The van der Waals surface area contributed by atoms with Crippen molar-refractivity contribution in [2.45, 2.75) is 26.4 Å². The molecule has 0 aliphatic rings. The molecule has 0 saturated carbocycles. The Hall–Kier alpha value is -2.63. The number of hydrogen-bond acceptors (Lipinski definition) is 3. The molecule has 0 spiro atoms. The van der Waals surface area contributed by atoms with Crippen LogP contribution in [-0.2, 0) is 13.1 Å². The van der Waals surface area contributed by atoms with E-state index in [-0.39, 0.29) is 5.82 Å². The van der Waals surface area contributed by atoms with Crippen LogP contribution in [0, 0.1) is 5.82 Å². The van der Waals surface area contributed by atoms with Crippen LogP contribution in [-0.4, -0.2) is 24.6 Å². The molecule has 0 atom stereocenters. The average molecular weight is 330 g/mol. The molecule has 5 nitrogen and oxygen atoms in total. The van der Waals surface area contributed by atoms with Crippen molar-refractivity contribution in [2.75, 3.05) is 13.7 Å². The van der Waals surface area contributed by atoms with E-state index in [4.69, 9.17) is 4.74 Å². The van der Waals surface area contributed by atoms with Crippen LogP contribution in [0.25, 0.3) is 0 Å². The molecule has 1 heterocycles. The van der Waals surface area contributed by atoms with Crippen molar-refractivity contribution in [2.24, 2.45) is 4.99 Å². The largest absolute Gasteiger partial charge is 0.478 e. The molecule has 2 rings (SSSR count). The third-order valence-electron chi connectivity index (χ3n) is 3.31. The zero-order valence-electron chi connectivity index (χ0n) is 14.1. The lowest BCUT2D eigenvalue weighted by molar-refractivity contribution is 0.305. The second-order valence-electron chi connectivity index (χ2n) is 5.26. The number of pyridine rings is 1. The minimum absolute atomic E-state index is 0.236. The fourth-order valence-corrected chi connectivity index (χ4v) is 2.00. The van der Waals surface area contributed by atoms with Crippen molar-refractivity contribution in [3.63, 3.8) is 0 Å². The van der Waals surface area contributed by atoms with Gasteiger partial charge >= 0.3 is 0 Å². The minimum atomic E-state index is -0.236. The summed E-state index contributed by atoms with van der Waals surface area (Å²) in [5.74, 6) is 1.07. The molecule has 0 aliphatic heterocycles. The number of hydrogen-bond donors (Lipinski definition) is 2. The third-order valence-corrected chi connectivity index (χ3v) is 3.31. The number of nitrogens with zero attached hydrogens (tertiary/aromatic N) is 2. The van der Waals surface area contributed by atoms with E-state index < -0.39 is 0 Å². The first-order chi connectivity index (χ1) is 11.7. The molecular formula is C18H23FN4O. The van der Waals surface area contributed by atoms with Crippen LogP contribution < -0.4 is 15.4 Å². The number of halogens is 1. The SMILES string of the molecule is CCCOc1ccc(CNC(=NC)NCc2ccc(F)cc2)cn1. The quantitative estimate of drug-likeness (QED) is 0.605. The molecule has 0 unspecified atom stereocenters. The van der Waals surface area contributed by atoms with E-state index in [9.17, 15) is 4.39 Å². The number of benzene rings is 1. The van der Waals surface area contributed by atoms with Crippen molar-refractivity contribution >= 4 is 5.96 Å². The zero-order chi connectivity index (χ0) is 17.2. The summed E-state index contributed by atoms with van der Waals surface area (Å²) in [6.07, 6.45) is 2.74. The van der Waals surface area contributed by atoms with E-state index in [1.165, 1.54) is 12.1 Å². The van der Waals surface area contributed by atoms with Crippen LogP contribution in [0.2, 0.25) is 0 Å². The van der Waals surface area contributed by atoms with E-state index in [2.05, 4.69) is 27.5 Å². The molecule has 0 amide bonds. The molecular weight excluding hydrogens is 307 g/mol. The fraction of sp³-hybridized carbons (Fsp3) is 0.333. The Balaban J connectivity index is 1.79. The smallest absolute Gasteiger partial charge is 0.213 e. The topological polar surface area (TPSA) is 58.5 Å². The van der Waals surface area contributed by atoms with Crippen LogP contribution >= 0.6 is 0 Å². The van der Waals surface area contributed by atoms with Crippen LogP contribution in [0.1, 0.15) is 24.5 Å². The van der Waals surface area contributed by atoms with E-state index in [1.807, 2.05) is 12.1 Å². The summed E-state index contributed by atoms with van der Waals surface area (Å²) in [6.45, 7) is 3.90. The van der Waals surface area contributed by atoms with Crippen LogP contribution in [0.5, 0.6) is 5.88 Å². The van der Waals surface area contributed by atoms with Gasteiger partial charge in [-0.3, -0.25) is 4.99 Å². The van der Waals surface area contributed by atoms with E-state index >= 15 is 0 Å². The minimum Gasteiger partial charge on any atom is -0.478 e. The van der Waals surface area contributed by atoms with Crippen molar-refractivity contribution in [3.8, 4) is 5.88 Å². The van der Waals surface area contributed by atoms with Gasteiger partial charge in [0.15, 0.2) is 5.96 Å². The molecule has 0 aliphatic carbocycles. The van der Waals surface area contributed by atoms with Crippen molar-refractivity contribution in [1.29, 1.82) is 0 Å². The Labute approximate surface area is 142 Å². The molecule has 0 radical (unpaired) electrons. The second-order valence-corrected chi connectivity index (χ2v) is 5.26. The normalized spacial score (nSPS) is 11.2. The predicted octanol–water partition coefficient (Wildman–Crippen LogP) is 2.87. The maximum Gasteiger partial charge on any atom is 0.213 e. The van der Waals surface area contributed by atoms with E-state index in [0.29, 0.717) is 31.5 Å². The van der Waals surface area contributed by atoms with Crippen LogP contribution in [0.15, 0.2) is 47.6 Å². The highest BCUT2D eigenvalue weighted by atomic mass is 19.1. The fourth-order valence-electron chi connectivity index (χ4n) is 2.00. The van der Waals surface area contributed by atoms with Gasteiger partial charge in [-0.15, -0.1) is 0 Å². The lowest BCUT2D eigenvalue weighted by Gasteiger charge is -2.12. The Morgan fingerprint density at radius 3 is 2.33 bits per heavy atom. The van der Waals surface area contributed by atoms with Gasteiger partial charge in [0.2, 0.25) is 5.88 Å². The Morgan fingerprint density at radius 1 is 1.08 bits per heavy atom. The first-order valence-corrected chi connectivity index (χ1v) is 7.98. The lowest BCUT2D eigenvalue weighted by atomic mass is 10.2. The van der Waals surface area contributed by atoms with Gasteiger partial charge in [-0.2, -0.15) is 0 Å². The number of guanidine groups is 1. The molecule has 0 bridgehead atoms. The number of ether oxygens (including phenoxy) is 1. The molecule has 128 valence electrons. The molecule has 1 aromatic carbocycles. The summed E-state index contributed by atoms with van der Waals surface area (Å²) in [7, 11) is 1.71. The lowest BCUT2D eigenvalue weighted by Crippen LogP contribution is -2.36. The number of aliphatic imine (C=N–C) groups is 1. The highest BCUT2D eigenvalue weighted by Crippen LogP contribution is 2.07. The Kier molecular flexibility index (Phi) is 7.01. The predicted molar refractivity (Wildman–Crippen MR) is 93.5 cm³/mol. The Bertz CT molecular complexity index is 641. The van der Waals surface area contributed by atoms with Crippen LogP contribution in [0.4, 0.5) is 4.39 Å². The maximum atomic E-state index is 12.9. The van der Waals surface area contributed by atoms with Crippen molar-refractivity contribution < 1.29 is 9.13 Å². The highest BCUT2D eigenvalue weighted by molar-refractivity contribution is 5.79. The van der Waals surface area contributed by atoms with Gasteiger partial charge in [-0.25, -0.2) is 9.37 Å². The number of nitrogens with one attached hydrogen (secondary N) is 2. The summed E-state index contributed by atoms with van der Waals surface area (Å²) in [4.78, 5) is 8.43. The van der Waals surface area contributed by atoms with Gasteiger partial charge in [-0.05, 0) is 29.7 Å². The maximum absolute atomic E-state index is 12.9. The van der Waals surface area contributed by atoms with E-state index in [1.54, 1.807) is 25.4 Å². The summed E-state index contributed by atoms with van der Waals surface area (Å²) >= 11 is 0. The van der Waals surface area contributed by atoms with Crippen molar-refractivity contribution in [3.05, 3.63) is 59.5 Å². The standard InChI is InChI=1S/C18H23FN4O/c1-3-10-24-17-9-6-15(12-21-17)13-23-18(20-2)22-11-14-4-7-16(19)8-5-14/h4-9,12H,3,10-11,13H2,1-2H3,(H2,20,22,23). The van der Waals surface area contributed by atoms with Gasteiger partial charge < -0.3 is 15.4 Å². The summed E-state index contributed by atoms with van der Waals surface area (Å²) in [6, 6.07) is 10.2. The summed E-state index contributed by atoms with van der Waals surface area (Å²) < 4.78 is 18.3. The molecule has 0 fully saturated rings. The first-order valence-electron chi connectivity index (χ1n) is 7.98. The summed E-state index contributed by atoms with van der Waals surface area (Å²) in [5, 5.41) is 6.40. The molecule has 1 aromatic heterocycles.